The average Bonchev–Trinajstić information content (AvgIpc) is 2.62. The molecule has 8 heteroatoms. The lowest BCUT2D eigenvalue weighted by molar-refractivity contribution is 0.102. The third kappa shape index (κ3) is 3.42. The van der Waals surface area contributed by atoms with Crippen molar-refractivity contribution in [3.8, 4) is 0 Å². The molecular weight excluding hydrogens is 472 g/mol. The molecule has 0 radical (unpaired) electrons. The van der Waals surface area contributed by atoms with Crippen LogP contribution < -0.4 is 5.32 Å². The van der Waals surface area contributed by atoms with Crippen LogP contribution in [0.15, 0.2) is 30.2 Å². The largest absolute Gasteiger partial charge is 0.318 e. The van der Waals surface area contributed by atoms with Gasteiger partial charge >= 0.3 is 0 Å². The molecule has 1 aromatic carbocycles. The van der Waals surface area contributed by atoms with Gasteiger partial charge in [-0.05, 0) is 59.9 Å². The van der Waals surface area contributed by atoms with Gasteiger partial charge in [0.25, 0.3) is 5.91 Å². The van der Waals surface area contributed by atoms with Gasteiger partial charge in [-0.2, -0.15) is 0 Å². The average molecular weight is 476 g/mol. The molecule has 0 bridgehead atoms. The summed E-state index contributed by atoms with van der Waals surface area (Å²) in [6.07, 6.45) is 0. The van der Waals surface area contributed by atoms with Gasteiger partial charge in [-0.3, -0.25) is 4.79 Å². The van der Waals surface area contributed by atoms with Crippen molar-refractivity contribution in [2.75, 3.05) is 5.32 Å². The molecule has 0 aliphatic heterocycles. The Balaban J connectivity index is 2.32. The number of rotatable bonds is 2. The number of carbonyl (C=O) groups is 1. The van der Waals surface area contributed by atoms with Gasteiger partial charge in [0.2, 0.25) is 0 Å². The summed E-state index contributed by atoms with van der Waals surface area (Å²) in [5.74, 6) is -2.05. The van der Waals surface area contributed by atoms with Crippen LogP contribution in [-0.4, -0.2) is 5.91 Å². The highest BCUT2D eigenvalue weighted by atomic mass is 79.9. The van der Waals surface area contributed by atoms with Crippen LogP contribution in [0.2, 0.25) is 0 Å². The fraction of sp³-hybridized carbons (Fsp3) is 0. The zero-order chi connectivity index (χ0) is 14.2. The maximum absolute atomic E-state index is 13.6. The Morgan fingerprint density at radius 3 is 2.37 bits per heavy atom. The topological polar surface area (TPSA) is 29.1 Å². The molecule has 0 aliphatic carbocycles. The van der Waals surface area contributed by atoms with E-state index in [1.807, 2.05) is 0 Å². The molecule has 1 heterocycles. The zero-order valence-corrected chi connectivity index (χ0v) is 14.5. The van der Waals surface area contributed by atoms with Crippen molar-refractivity contribution < 1.29 is 13.6 Å². The second kappa shape index (κ2) is 5.99. The van der Waals surface area contributed by atoms with Gasteiger partial charge in [-0.15, -0.1) is 11.3 Å². The van der Waals surface area contributed by atoms with Gasteiger partial charge in [0.15, 0.2) is 5.82 Å². The molecular formula is C11H4Br3F2NOS. The highest BCUT2D eigenvalue weighted by molar-refractivity contribution is 9.12. The smallest absolute Gasteiger partial charge is 0.257 e. The number of hydrogen-bond acceptors (Lipinski definition) is 2. The Morgan fingerprint density at radius 2 is 1.84 bits per heavy atom. The molecule has 100 valence electrons. The molecule has 0 fully saturated rings. The Bertz CT molecular complexity index is 636. The predicted octanol–water partition coefficient (Wildman–Crippen LogP) is 5.57. The number of amides is 1. The van der Waals surface area contributed by atoms with Crippen LogP contribution >= 0.6 is 59.1 Å². The first kappa shape index (κ1) is 15.1. The van der Waals surface area contributed by atoms with Gasteiger partial charge in [0.05, 0.1) is 18.8 Å². The number of carbonyl (C=O) groups excluding carboxylic acids is 1. The zero-order valence-electron chi connectivity index (χ0n) is 8.94. The predicted molar refractivity (Wildman–Crippen MR) is 81.7 cm³/mol. The highest BCUT2D eigenvalue weighted by Crippen LogP contribution is 2.33. The summed E-state index contributed by atoms with van der Waals surface area (Å²) >= 11 is 10.8. The van der Waals surface area contributed by atoms with E-state index in [0.717, 1.165) is 9.85 Å². The molecule has 2 rings (SSSR count). The third-order valence-electron chi connectivity index (χ3n) is 2.15. The summed E-state index contributed by atoms with van der Waals surface area (Å²) in [5, 5.41) is 2.40. The molecule has 0 spiro atoms. The molecule has 2 aromatic rings. The molecule has 2 nitrogen and oxygen atoms in total. The fourth-order valence-electron chi connectivity index (χ4n) is 1.34. The Morgan fingerprint density at radius 1 is 1.16 bits per heavy atom. The van der Waals surface area contributed by atoms with E-state index in [1.54, 1.807) is 6.07 Å². The van der Waals surface area contributed by atoms with Crippen LogP contribution in [0.5, 0.6) is 0 Å². The van der Waals surface area contributed by atoms with Crippen molar-refractivity contribution in [1.82, 2.24) is 0 Å². The summed E-state index contributed by atoms with van der Waals surface area (Å²) in [4.78, 5) is 12.0. The van der Waals surface area contributed by atoms with Gasteiger partial charge < -0.3 is 5.32 Å². The van der Waals surface area contributed by atoms with Gasteiger partial charge in [0, 0.05) is 10.5 Å². The second-order valence-electron chi connectivity index (χ2n) is 3.44. The van der Waals surface area contributed by atoms with E-state index in [9.17, 15) is 13.6 Å². The van der Waals surface area contributed by atoms with Crippen molar-refractivity contribution in [1.29, 1.82) is 0 Å². The molecule has 1 N–H and O–H groups in total. The number of benzene rings is 1. The lowest BCUT2D eigenvalue weighted by Crippen LogP contribution is -2.13. The maximum Gasteiger partial charge on any atom is 0.257 e. The van der Waals surface area contributed by atoms with Crippen molar-refractivity contribution >= 4 is 70.7 Å². The standard InChI is InChI=1S/C11H4Br3F2NOS/c12-6-1-4(15)2-7(16)9(6)17-11(18)5-3-8(13)19-10(5)14/h1-3H,(H,17,18). The van der Waals surface area contributed by atoms with Crippen LogP contribution in [0.1, 0.15) is 10.4 Å². The Labute approximate surface area is 136 Å². The van der Waals surface area contributed by atoms with Gasteiger partial charge in [-0.25, -0.2) is 8.78 Å². The van der Waals surface area contributed by atoms with Crippen LogP contribution in [0.3, 0.4) is 0 Å². The van der Waals surface area contributed by atoms with E-state index in [4.69, 9.17) is 0 Å². The van der Waals surface area contributed by atoms with E-state index in [2.05, 4.69) is 53.1 Å². The van der Waals surface area contributed by atoms with E-state index >= 15 is 0 Å². The number of thiophene rings is 1. The third-order valence-corrected chi connectivity index (χ3v) is 5.11. The van der Waals surface area contributed by atoms with Crippen molar-refractivity contribution in [3.63, 3.8) is 0 Å². The van der Waals surface area contributed by atoms with Gasteiger partial charge in [-0.1, -0.05) is 0 Å². The maximum atomic E-state index is 13.6. The van der Waals surface area contributed by atoms with Crippen LogP contribution in [0.4, 0.5) is 14.5 Å². The molecule has 19 heavy (non-hydrogen) atoms. The Kier molecular flexibility index (Phi) is 4.75. The number of nitrogens with one attached hydrogen (secondary N) is 1. The van der Waals surface area contributed by atoms with Crippen molar-refractivity contribution in [2.24, 2.45) is 0 Å². The van der Waals surface area contributed by atoms with E-state index in [1.165, 1.54) is 11.3 Å². The first-order valence-electron chi connectivity index (χ1n) is 4.79. The lowest BCUT2D eigenvalue weighted by atomic mass is 10.2. The first-order chi connectivity index (χ1) is 8.88. The number of halogens is 5. The van der Waals surface area contributed by atoms with Crippen LogP contribution in [-0.2, 0) is 0 Å². The minimum Gasteiger partial charge on any atom is -0.318 e. The molecule has 0 aliphatic rings. The summed E-state index contributed by atoms with van der Waals surface area (Å²) in [6, 6.07) is 3.40. The number of hydrogen-bond donors (Lipinski definition) is 1. The van der Waals surface area contributed by atoms with E-state index in [-0.39, 0.29) is 10.2 Å². The molecule has 1 aromatic heterocycles. The summed E-state index contributed by atoms with van der Waals surface area (Å²) < 4.78 is 28.1. The molecule has 0 saturated heterocycles. The summed E-state index contributed by atoms with van der Waals surface area (Å²) in [5.41, 5.74) is 0.271. The first-order valence-corrected chi connectivity index (χ1v) is 7.98. The van der Waals surface area contributed by atoms with E-state index in [0.29, 0.717) is 15.4 Å². The summed E-state index contributed by atoms with van der Waals surface area (Å²) in [7, 11) is 0. The molecule has 1 amide bonds. The van der Waals surface area contributed by atoms with Crippen molar-refractivity contribution in [2.45, 2.75) is 0 Å². The van der Waals surface area contributed by atoms with Crippen molar-refractivity contribution in [3.05, 3.63) is 47.4 Å². The molecule has 0 unspecified atom stereocenters. The molecule has 0 atom stereocenters. The number of anilines is 1. The second-order valence-corrected chi connectivity index (χ2v) is 8.04. The minimum atomic E-state index is -0.842. The van der Waals surface area contributed by atoms with Crippen LogP contribution in [0.25, 0.3) is 0 Å². The van der Waals surface area contributed by atoms with Gasteiger partial charge in [0.1, 0.15) is 5.82 Å². The SMILES string of the molecule is O=C(Nc1c(F)cc(F)cc1Br)c1cc(Br)sc1Br. The van der Waals surface area contributed by atoms with E-state index < -0.39 is 17.5 Å². The normalized spacial score (nSPS) is 10.6. The van der Waals surface area contributed by atoms with Crippen LogP contribution in [0, 0.1) is 11.6 Å². The molecule has 0 saturated carbocycles. The summed E-state index contributed by atoms with van der Waals surface area (Å²) in [6.45, 7) is 0. The lowest BCUT2D eigenvalue weighted by Gasteiger charge is -2.08. The highest BCUT2D eigenvalue weighted by Gasteiger charge is 2.17. The fourth-order valence-corrected chi connectivity index (χ4v) is 4.64. The Hall–Kier alpha value is -0.310. The minimum absolute atomic E-state index is 0.0966. The quantitative estimate of drug-likeness (QED) is 0.605. The monoisotopic (exact) mass is 473 g/mol.